The number of rotatable bonds is 2. The number of anilines is 1. The number of carbonyl (C=O) groups excluding carboxylic acids is 1. The number of hydrogen-bond acceptors (Lipinski definition) is 4. The van der Waals surface area contributed by atoms with Gasteiger partial charge in [-0.15, -0.1) is 0 Å². The van der Waals surface area contributed by atoms with E-state index in [0.29, 0.717) is 11.4 Å². The molecule has 106 valence electrons. The molecule has 20 heavy (non-hydrogen) atoms. The van der Waals surface area contributed by atoms with E-state index in [1.807, 2.05) is 0 Å². The highest BCUT2D eigenvalue weighted by molar-refractivity contribution is 7.89. The third kappa shape index (κ3) is 3.03. The number of nitrogens with zero attached hydrogens (tertiary/aromatic N) is 2. The van der Waals surface area contributed by atoms with Crippen molar-refractivity contribution in [2.45, 2.75) is 18.7 Å². The number of hydrogen-bond donors (Lipinski definition) is 2. The molecule has 1 heterocycles. The Kier molecular flexibility index (Phi) is 3.60. The summed E-state index contributed by atoms with van der Waals surface area (Å²) in [5.41, 5.74) is 1.90. The van der Waals surface area contributed by atoms with Gasteiger partial charge in [-0.3, -0.25) is 0 Å². The van der Waals surface area contributed by atoms with Crippen molar-refractivity contribution in [2.75, 3.05) is 5.32 Å². The zero-order chi connectivity index (χ0) is 14.9. The van der Waals surface area contributed by atoms with Crippen molar-refractivity contribution in [2.24, 2.45) is 5.14 Å². The van der Waals surface area contributed by atoms with Crippen LogP contribution in [-0.4, -0.2) is 24.2 Å². The first-order valence-electron chi connectivity index (χ1n) is 5.75. The molecule has 7 nitrogen and oxygen atoms in total. The highest BCUT2D eigenvalue weighted by atomic mass is 32.2. The summed E-state index contributed by atoms with van der Waals surface area (Å²) in [5, 5.41) is 11.7. The van der Waals surface area contributed by atoms with E-state index in [4.69, 9.17) is 5.14 Å². The quantitative estimate of drug-likeness (QED) is 0.868. The van der Waals surface area contributed by atoms with Gasteiger partial charge in [-0.05, 0) is 44.2 Å². The number of benzene rings is 1. The summed E-state index contributed by atoms with van der Waals surface area (Å²) in [7, 11) is -3.73. The maximum Gasteiger partial charge on any atom is 0.346 e. The van der Waals surface area contributed by atoms with Gasteiger partial charge in [0.25, 0.3) is 0 Å². The predicted octanol–water partition coefficient (Wildman–Crippen LogP) is 1.23. The zero-order valence-electron chi connectivity index (χ0n) is 11.0. The average Bonchev–Trinajstić information content (AvgIpc) is 2.68. The van der Waals surface area contributed by atoms with Gasteiger partial charge in [0.2, 0.25) is 10.0 Å². The molecular weight excluding hydrogens is 280 g/mol. The van der Waals surface area contributed by atoms with Crippen molar-refractivity contribution in [3.05, 3.63) is 41.7 Å². The van der Waals surface area contributed by atoms with Crippen LogP contribution in [0.3, 0.4) is 0 Å². The van der Waals surface area contributed by atoms with Crippen LogP contribution in [0.2, 0.25) is 0 Å². The minimum atomic E-state index is -3.73. The third-order valence-electron chi connectivity index (χ3n) is 2.64. The monoisotopic (exact) mass is 294 g/mol. The molecule has 1 aromatic carbocycles. The topological polar surface area (TPSA) is 107 Å². The standard InChI is InChI=1S/C12H14N4O3S/c1-8-7-9(2)16(15-8)12(17)14-10-3-5-11(6-4-10)20(13,18)19/h3-7H,1-2H3,(H,14,17)(H2,13,18,19). The van der Waals surface area contributed by atoms with Crippen LogP contribution in [0.4, 0.5) is 10.5 Å². The predicted molar refractivity (Wildman–Crippen MR) is 73.9 cm³/mol. The van der Waals surface area contributed by atoms with Crippen molar-refractivity contribution in [3.63, 3.8) is 0 Å². The van der Waals surface area contributed by atoms with E-state index < -0.39 is 16.1 Å². The number of aromatic nitrogens is 2. The van der Waals surface area contributed by atoms with Crippen LogP contribution < -0.4 is 10.5 Å². The van der Waals surface area contributed by atoms with E-state index in [-0.39, 0.29) is 4.90 Å². The normalized spacial score (nSPS) is 11.3. The second kappa shape index (κ2) is 5.06. The highest BCUT2D eigenvalue weighted by Crippen LogP contribution is 2.13. The van der Waals surface area contributed by atoms with E-state index in [9.17, 15) is 13.2 Å². The van der Waals surface area contributed by atoms with Crippen LogP contribution in [0.5, 0.6) is 0 Å². The summed E-state index contributed by atoms with van der Waals surface area (Å²) < 4.78 is 23.5. The molecule has 0 aliphatic carbocycles. The molecule has 1 amide bonds. The Morgan fingerprint density at radius 3 is 2.30 bits per heavy atom. The number of nitrogens with two attached hydrogens (primary N) is 1. The summed E-state index contributed by atoms with van der Waals surface area (Å²) in [6, 6.07) is 6.94. The molecule has 0 spiro atoms. The molecule has 0 saturated heterocycles. The van der Waals surface area contributed by atoms with Crippen molar-refractivity contribution < 1.29 is 13.2 Å². The molecule has 0 fully saturated rings. The Morgan fingerprint density at radius 2 is 1.85 bits per heavy atom. The molecule has 0 unspecified atom stereocenters. The van der Waals surface area contributed by atoms with Crippen molar-refractivity contribution in [3.8, 4) is 0 Å². The van der Waals surface area contributed by atoms with Gasteiger partial charge in [-0.1, -0.05) is 0 Å². The lowest BCUT2D eigenvalue weighted by molar-refractivity contribution is 0.250. The summed E-state index contributed by atoms with van der Waals surface area (Å²) in [5.74, 6) is 0. The van der Waals surface area contributed by atoms with Gasteiger partial charge < -0.3 is 5.32 Å². The summed E-state index contributed by atoms with van der Waals surface area (Å²) in [6.07, 6.45) is 0. The highest BCUT2D eigenvalue weighted by Gasteiger charge is 2.11. The Bertz CT molecular complexity index is 748. The minimum Gasteiger partial charge on any atom is -0.306 e. The summed E-state index contributed by atoms with van der Waals surface area (Å²) in [4.78, 5) is 12.0. The molecule has 8 heteroatoms. The van der Waals surface area contributed by atoms with Gasteiger partial charge in [0, 0.05) is 11.4 Å². The molecule has 1 aromatic heterocycles. The maximum atomic E-state index is 12.0. The molecular formula is C12H14N4O3S. The first-order chi connectivity index (χ1) is 9.27. The lowest BCUT2D eigenvalue weighted by atomic mass is 10.3. The zero-order valence-corrected chi connectivity index (χ0v) is 11.8. The van der Waals surface area contributed by atoms with Gasteiger partial charge in [-0.2, -0.15) is 9.78 Å². The van der Waals surface area contributed by atoms with E-state index in [2.05, 4.69) is 10.4 Å². The van der Waals surface area contributed by atoms with Crippen LogP contribution in [0.1, 0.15) is 11.4 Å². The second-order valence-corrected chi connectivity index (χ2v) is 5.90. The Hall–Kier alpha value is -2.19. The maximum absolute atomic E-state index is 12.0. The lowest BCUT2D eigenvalue weighted by Crippen LogP contribution is -2.22. The lowest BCUT2D eigenvalue weighted by Gasteiger charge is -2.07. The molecule has 0 aliphatic heterocycles. The van der Waals surface area contributed by atoms with Crippen LogP contribution in [0.25, 0.3) is 0 Å². The fourth-order valence-electron chi connectivity index (χ4n) is 1.74. The van der Waals surface area contributed by atoms with E-state index in [0.717, 1.165) is 5.69 Å². The molecule has 0 radical (unpaired) electrons. The Morgan fingerprint density at radius 1 is 1.25 bits per heavy atom. The van der Waals surface area contributed by atoms with Crippen LogP contribution in [0.15, 0.2) is 35.2 Å². The molecule has 0 atom stereocenters. The number of aryl methyl sites for hydroxylation is 2. The number of amides is 1. The van der Waals surface area contributed by atoms with Gasteiger partial charge in [0.1, 0.15) is 0 Å². The first-order valence-corrected chi connectivity index (χ1v) is 7.29. The smallest absolute Gasteiger partial charge is 0.306 e. The van der Waals surface area contributed by atoms with Gasteiger partial charge in [0.05, 0.1) is 10.6 Å². The van der Waals surface area contributed by atoms with Crippen LogP contribution in [-0.2, 0) is 10.0 Å². The van der Waals surface area contributed by atoms with Crippen molar-refractivity contribution in [1.82, 2.24) is 9.78 Å². The van der Waals surface area contributed by atoms with Crippen molar-refractivity contribution >= 4 is 21.7 Å². The second-order valence-electron chi connectivity index (χ2n) is 4.34. The van der Waals surface area contributed by atoms with Crippen LogP contribution >= 0.6 is 0 Å². The molecule has 0 saturated carbocycles. The van der Waals surface area contributed by atoms with Crippen LogP contribution in [0, 0.1) is 13.8 Å². The molecule has 3 N–H and O–H groups in total. The summed E-state index contributed by atoms with van der Waals surface area (Å²) >= 11 is 0. The number of nitrogens with one attached hydrogen (secondary N) is 1. The number of sulfonamides is 1. The van der Waals surface area contributed by atoms with E-state index in [1.165, 1.54) is 28.9 Å². The fourth-order valence-corrected chi connectivity index (χ4v) is 2.25. The van der Waals surface area contributed by atoms with E-state index >= 15 is 0 Å². The third-order valence-corrected chi connectivity index (χ3v) is 3.57. The van der Waals surface area contributed by atoms with E-state index in [1.54, 1.807) is 19.9 Å². The fraction of sp³-hybridized carbons (Fsp3) is 0.167. The molecule has 2 rings (SSSR count). The molecule has 2 aromatic rings. The van der Waals surface area contributed by atoms with Gasteiger partial charge in [-0.25, -0.2) is 18.4 Å². The minimum absolute atomic E-state index is 0.0124. The number of primary sulfonamides is 1. The number of carbonyl (C=O) groups is 1. The first kappa shape index (κ1) is 14.2. The average molecular weight is 294 g/mol. The van der Waals surface area contributed by atoms with Gasteiger partial charge in [0.15, 0.2) is 0 Å². The summed E-state index contributed by atoms with van der Waals surface area (Å²) in [6.45, 7) is 3.56. The molecule has 0 aliphatic rings. The van der Waals surface area contributed by atoms with Crippen molar-refractivity contribution in [1.29, 1.82) is 0 Å². The van der Waals surface area contributed by atoms with Gasteiger partial charge >= 0.3 is 6.03 Å². The molecule has 0 bridgehead atoms. The Labute approximate surface area is 116 Å². The largest absolute Gasteiger partial charge is 0.346 e. The Balaban J connectivity index is 2.18. The SMILES string of the molecule is Cc1cc(C)n(C(=O)Nc2ccc(S(N)(=O)=O)cc2)n1.